The fourth-order valence-corrected chi connectivity index (χ4v) is 5.66. The van der Waals surface area contributed by atoms with E-state index in [1.807, 2.05) is 30.0 Å². The van der Waals surface area contributed by atoms with Crippen molar-refractivity contribution in [1.82, 2.24) is 15.3 Å². The summed E-state index contributed by atoms with van der Waals surface area (Å²) in [6.07, 6.45) is -5.02. The van der Waals surface area contributed by atoms with E-state index in [2.05, 4.69) is 15.3 Å². The van der Waals surface area contributed by atoms with Crippen molar-refractivity contribution in [2.24, 2.45) is 5.41 Å². The largest absolute Gasteiger partial charge is 0.497 e. The first-order valence-corrected chi connectivity index (χ1v) is 13.3. The number of piperidine rings is 1. The average Bonchev–Trinajstić information content (AvgIpc) is 3.35. The van der Waals surface area contributed by atoms with Gasteiger partial charge in [-0.3, -0.25) is 4.79 Å². The molecule has 2 aliphatic rings. The van der Waals surface area contributed by atoms with E-state index in [0.717, 1.165) is 16.7 Å². The summed E-state index contributed by atoms with van der Waals surface area (Å²) in [6, 6.07) is 12.4. The molecule has 5 rings (SSSR count). The molecule has 2 atom stereocenters. The zero-order valence-corrected chi connectivity index (χ0v) is 22.7. The van der Waals surface area contributed by atoms with Crippen molar-refractivity contribution < 1.29 is 32.5 Å². The molecule has 0 saturated carbocycles. The van der Waals surface area contributed by atoms with Gasteiger partial charge < -0.3 is 30.5 Å². The summed E-state index contributed by atoms with van der Waals surface area (Å²) in [5, 5.41) is 12.4. The minimum absolute atomic E-state index is 0.0822. The SMILES string of the molecule is COc1cc(C)cc(-c2ccc([C@@H](Oc3cc(N4CCC5(CC4)CNC(C(=O)O)C5)nc(N)n3)C(F)(F)F)cc2)c1. The predicted octanol–water partition coefficient (Wildman–Crippen LogP) is 4.76. The standard InChI is InChI=1S/C29H32F3N5O4/c1-17-11-20(13-21(12-17)40-2)18-3-5-19(6-4-18)25(29(30,31)32)41-24-14-23(35-27(33)36-24)37-9-7-28(8-10-37)15-22(26(38)39)34-16-28/h3-6,11-14,22,25,34H,7-10,15-16H2,1-2H3,(H,38,39)(H2,33,35,36)/t22?,25-/m1/s1. The number of carbonyl (C=O) groups is 1. The van der Waals surface area contributed by atoms with Gasteiger partial charge in [0, 0.05) is 31.3 Å². The molecule has 2 fully saturated rings. The number of ether oxygens (including phenoxy) is 2. The highest BCUT2D eigenvalue weighted by molar-refractivity contribution is 5.74. The van der Waals surface area contributed by atoms with Crippen LogP contribution >= 0.6 is 0 Å². The highest BCUT2D eigenvalue weighted by Gasteiger charge is 2.45. The molecule has 0 aliphatic carbocycles. The first-order chi connectivity index (χ1) is 19.4. The molecule has 0 amide bonds. The number of hydrogen-bond donors (Lipinski definition) is 3. The third-order valence-electron chi connectivity index (χ3n) is 7.88. The molecule has 0 radical (unpaired) electrons. The molecular formula is C29H32F3N5O4. The average molecular weight is 572 g/mol. The highest BCUT2D eigenvalue weighted by atomic mass is 19.4. The zero-order chi connectivity index (χ0) is 29.4. The van der Waals surface area contributed by atoms with Crippen LogP contribution in [0.4, 0.5) is 24.9 Å². The molecule has 12 heteroatoms. The van der Waals surface area contributed by atoms with Crippen LogP contribution in [-0.2, 0) is 4.79 Å². The van der Waals surface area contributed by atoms with Gasteiger partial charge in [0.15, 0.2) is 0 Å². The van der Waals surface area contributed by atoms with Crippen molar-refractivity contribution in [2.75, 3.05) is 37.4 Å². The Kier molecular flexibility index (Phi) is 7.69. The summed E-state index contributed by atoms with van der Waals surface area (Å²) in [6.45, 7) is 3.63. The number of halogens is 3. The van der Waals surface area contributed by atoms with Crippen LogP contribution < -0.4 is 25.4 Å². The summed E-state index contributed by atoms with van der Waals surface area (Å²) in [5.74, 6) is -0.315. The third-order valence-corrected chi connectivity index (χ3v) is 7.88. The van der Waals surface area contributed by atoms with Crippen molar-refractivity contribution in [3.05, 3.63) is 59.7 Å². The Morgan fingerprint density at radius 3 is 2.44 bits per heavy atom. The number of anilines is 2. The van der Waals surface area contributed by atoms with Gasteiger partial charge >= 0.3 is 12.1 Å². The smallest absolute Gasteiger partial charge is 0.429 e. The van der Waals surface area contributed by atoms with Crippen molar-refractivity contribution >= 4 is 17.7 Å². The zero-order valence-electron chi connectivity index (χ0n) is 22.7. The highest BCUT2D eigenvalue weighted by Crippen LogP contribution is 2.41. The minimum Gasteiger partial charge on any atom is -0.497 e. The fourth-order valence-electron chi connectivity index (χ4n) is 5.66. The maximum atomic E-state index is 14.2. The van der Waals surface area contributed by atoms with Gasteiger partial charge in [0.2, 0.25) is 17.9 Å². The Balaban J connectivity index is 1.33. The van der Waals surface area contributed by atoms with Crippen LogP contribution in [0, 0.1) is 12.3 Å². The molecule has 3 heterocycles. The number of carboxylic acids is 1. The molecule has 9 nitrogen and oxygen atoms in total. The second-order valence-electron chi connectivity index (χ2n) is 10.8. The lowest BCUT2D eigenvalue weighted by molar-refractivity contribution is -0.198. The third kappa shape index (κ3) is 6.32. The van der Waals surface area contributed by atoms with Gasteiger partial charge in [0.25, 0.3) is 0 Å². The molecule has 41 heavy (non-hydrogen) atoms. The number of aromatic nitrogens is 2. The fraction of sp³-hybridized carbons (Fsp3) is 0.414. The van der Waals surface area contributed by atoms with Crippen LogP contribution in [0.25, 0.3) is 11.1 Å². The summed E-state index contributed by atoms with van der Waals surface area (Å²) in [7, 11) is 1.56. The molecule has 4 N–H and O–H groups in total. The first-order valence-electron chi connectivity index (χ1n) is 13.3. The molecule has 2 aliphatic heterocycles. The van der Waals surface area contributed by atoms with E-state index in [9.17, 15) is 23.1 Å². The van der Waals surface area contributed by atoms with Crippen molar-refractivity contribution in [1.29, 1.82) is 0 Å². The van der Waals surface area contributed by atoms with Crippen LogP contribution in [0.5, 0.6) is 11.6 Å². The molecule has 1 unspecified atom stereocenters. The summed E-state index contributed by atoms with van der Waals surface area (Å²) in [4.78, 5) is 21.4. The van der Waals surface area contributed by atoms with Crippen molar-refractivity contribution in [3.8, 4) is 22.8 Å². The van der Waals surface area contributed by atoms with Crippen LogP contribution in [-0.4, -0.2) is 60.0 Å². The summed E-state index contributed by atoms with van der Waals surface area (Å²) in [5.41, 5.74) is 8.19. The van der Waals surface area contributed by atoms with Crippen LogP contribution in [0.15, 0.2) is 48.5 Å². The quantitative estimate of drug-likeness (QED) is 0.368. The van der Waals surface area contributed by atoms with E-state index in [-0.39, 0.29) is 22.8 Å². The lowest BCUT2D eigenvalue weighted by Crippen LogP contribution is -2.41. The molecular weight excluding hydrogens is 539 g/mol. The summed E-state index contributed by atoms with van der Waals surface area (Å²) < 4.78 is 53.4. The topological polar surface area (TPSA) is 123 Å². The second-order valence-corrected chi connectivity index (χ2v) is 10.8. The van der Waals surface area contributed by atoms with Crippen LogP contribution in [0.2, 0.25) is 0 Å². The molecule has 218 valence electrons. The molecule has 1 aromatic heterocycles. The number of alkyl halides is 3. The van der Waals surface area contributed by atoms with Gasteiger partial charge in [0.1, 0.15) is 17.6 Å². The van der Waals surface area contributed by atoms with Crippen LogP contribution in [0.3, 0.4) is 0 Å². The lowest BCUT2D eigenvalue weighted by atomic mass is 9.76. The van der Waals surface area contributed by atoms with Crippen LogP contribution in [0.1, 0.15) is 36.5 Å². The molecule has 3 aromatic rings. The molecule has 2 aromatic carbocycles. The number of methoxy groups -OCH3 is 1. The Morgan fingerprint density at radius 1 is 1.12 bits per heavy atom. The Labute approximate surface area is 235 Å². The number of nitrogens with two attached hydrogens (primary N) is 1. The second kappa shape index (κ2) is 11.1. The van der Waals surface area contributed by atoms with Crippen molar-refractivity contribution in [2.45, 2.75) is 44.5 Å². The number of rotatable bonds is 7. The molecule has 2 saturated heterocycles. The lowest BCUT2D eigenvalue weighted by Gasteiger charge is -2.39. The number of aliphatic carboxylic acids is 1. The van der Waals surface area contributed by atoms with Gasteiger partial charge in [-0.1, -0.05) is 30.3 Å². The van der Waals surface area contributed by atoms with E-state index < -0.39 is 24.3 Å². The number of nitrogens with one attached hydrogen (secondary N) is 1. The number of nitrogen functional groups attached to an aromatic ring is 1. The first kappa shape index (κ1) is 28.5. The number of benzene rings is 2. The van der Waals surface area contributed by atoms with Gasteiger partial charge in [-0.2, -0.15) is 23.1 Å². The minimum atomic E-state index is -4.72. The van der Waals surface area contributed by atoms with Crippen molar-refractivity contribution in [3.63, 3.8) is 0 Å². The Hall–Kier alpha value is -4.06. The Morgan fingerprint density at radius 2 is 1.83 bits per heavy atom. The van der Waals surface area contributed by atoms with E-state index in [0.29, 0.717) is 50.5 Å². The van der Waals surface area contributed by atoms with E-state index in [1.165, 1.54) is 18.2 Å². The van der Waals surface area contributed by atoms with E-state index >= 15 is 0 Å². The summed E-state index contributed by atoms with van der Waals surface area (Å²) >= 11 is 0. The van der Waals surface area contributed by atoms with Gasteiger partial charge in [-0.15, -0.1) is 0 Å². The predicted molar refractivity (Wildman–Crippen MR) is 147 cm³/mol. The number of hydrogen-bond acceptors (Lipinski definition) is 8. The van der Waals surface area contributed by atoms with E-state index in [4.69, 9.17) is 15.2 Å². The molecule has 0 bridgehead atoms. The Bertz CT molecular complexity index is 1410. The van der Waals surface area contributed by atoms with E-state index in [1.54, 1.807) is 19.2 Å². The monoisotopic (exact) mass is 571 g/mol. The van der Waals surface area contributed by atoms with Gasteiger partial charge in [-0.05, 0) is 60.4 Å². The van der Waals surface area contributed by atoms with Gasteiger partial charge in [-0.25, -0.2) is 0 Å². The number of nitrogens with zero attached hydrogens (tertiary/aromatic N) is 3. The normalized spacial score (nSPS) is 19.2. The maximum absolute atomic E-state index is 14.2. The maximum Gasteiger partial charge on any atom is 0.429 e. The number of carboxylic acid groups (broad SMARTS) is 1. The molecule has 1 spiro atoms. The van der Waals surface area contributed by atoms with Gasteiger partial charge in [0.05, 0.1) is 7.11 Å². The number of aryl methyl sites for hydroxylation is 1.